The van der Waals surface area contributed by atoms with Gasteiger partial charge in [0.1, 0.15) is 0 Å². The number of benzene rings is 1. The molecule has 0 fully saturated rings. The van der Waals surface area contributed by atoms with Crippen LogP contribution in [-0.2, 0) is 4.74 Å². The second kappa shape index (κ2) is 7.41. The molecule has 14 heavy (non-hydrogen) atoms. The zero-order valence-corrected chi connectivity index (χ0v) is 10.0. The van der Waals surface area contributed by atoms with Crippen molar-refractivity contribution in [2.75, 3.05) is 24.8 Å². The number of hydrogen-bond donors (Lipinski definition) is 0. The van der Waals surface area contributed by atoms with E-state index in [9.17, 15) is 0 Å². The highest BCUT2D eigenvalue weighted by molar-refractivity contribution is 7.99. The number of halogens is 2. The first kappa shape index (κ1) is 12.2. The van der Waals surface area contributed by atoms with Gasteiger partial charge in [0, 0.05) is 21.6 Å². The Kier molecular flexibility index (Phi) is 6.45. The molecule has 1 nitrogen and oxygen atoms in total. The van der Waals surface area contributed by atoms with E-state index in [0.29, 0.717) is 12.5 Å². The van der Waals surface area contributed by atoms with E-state index in [1.165, 1.54) is 4.90 Å². The van der Waals surface area contributed by atoms with E-state index in [-0.39, 0.29) is 0 Å². The Morgan fingerprint density at radius 2 is 1.86 bits per heavy atom. The largest absolute Gasteiger partial charge is 0.379 e. The van der Waals surface area contributed by atoms with Crippen molar-refractivity contribution in [3.8, 4) is 0 Å². The fourth-order valence-corrected chi connectivity index (χ4v) is 1.91. The topological polar surface area (TPSA) is 9.23 Å². The predicted molar refractivity (Wildman–Crippen MR) is 63.7 cm³/mol. The molecule has 1 rings (SSSR count). The van der Waals surface area contributed by atoms with Gasteiger partial charge in [0.15, 0.2) is 0 Å². The van der Waals surface area contributed by atoms with Gasteiger partial charge in [0.05, 0.1) is 13.2 Å². The van der Waals surface area contributed by atoms with Gasteiger partial charge in [-0.05, 0) is 24.3 Å². The summed E-state index contributed by atoms with van der Waals surface area (Å²) in [5.41, 5.74) is 0. The Hall–Kier alpha value is 0.110. The monoisotopic (exact) mass is 250 g/mol. The third-order valence-corrected chi connectivity index (χ3v) is 2.91. The van der Waals surface area contributed by atoms with Gasteiger partial charge in [0.2, 0.25) is 0 Å². The minimum absolute atomic E-state index is 0.561. The van der Waals surface area contributed by atoms with Crippen LogP contribution in [0.4, 0.5) is 0 Å². The fraction of sp³-hybridized carbons (Fsp3) is 0.400. The lowest BCUT2D eigenvalue weighted by atomic mass is 10.4. The second-order valence-corrected chi connectivity index (χ2v) is 4.59. The minimum Gasteiger partial charge on any atom is -0.379 e. The van der Waals surface area contributed by atoms with Crippen LogP contribution >= 0.6 is 35.0 Å². The van der Waals surface area contributed by atoms with Crippen LogP contribution in [0.5, 0.6) is 0 Å². The smallest absolute Gasteiger partial charge is 0.0602 e. The Morgan fingerprint density at radius 3 is 2.50 bits per heavy atom. The van der Waals surface area contributed by atoms with Crippen molar-refractivity contribution in [1.29, 1.82) is 0 Å². The first-order valence-corrected chi connectivity index (χ1v) is 6.25. The van der Waals surface area contributed by atoms with E-state index in [4.69, 9.17) is 27.9 Å². The first-order chi connectivity index (χ1) is 6.83. The first-order valence-electron chi connectivity index (χ1n) is 4.35. The summed E-state index contributed by atoms with van der Waals surface area (Å²) < 4.78 is 5.25. The van der Waals surface area contributed by atoms with Crippen molar-refractivity contribution in [3.05, 3.63) is 29.3 Å². The zero-order chi connectivity index (χ0) is 10.2. The molecule has 0 aromatic heterocycles. The van der Waals surface area contributed by atoms with Crippen molar-refractivity contribution < 1.29 is 4.74 Å². The Bertz CT molecular complexity index is 251. The van der Waals surface area contributed by atoms with E-state index in [1.807, 2.05) is 24.3 Å². The van der Waals surface area contributed by atoms with Crippen LogP contribution in [0.2, 0.25) is 5.02 Å². The fourth-order valence-electron chi connectivity index (χ4n) is 0.906. The van der Waals surface area contributed by atoms with Gasteiger partial charge in [-0.1, -0.05) is 11.6 Å². The molecule has 4 heteroatoms. The lowest BCUT2D eigenvalue weighted by molar-refractivity contribution is 0.166. The maximum atomic E-state index is 5.77. The third-order valence-electron chi connectivity index (χ3n) is 1.53. The normalized spacial score (nSPS) is 10.4. The number of alkyl halides is 1. The van der Waals surface area contributed by atoms with Gasteiger partial charge in [-0.2, -0.15) is 0 Å². The Balaban J connectivity index is 2.15. The molecule has 0 saturated carbocycles. The van der Waals surface area contributed by atoms with Crippen molar-refractivity contribution >= 4 is 35.0 Å². The summed E-state index contributed by atoms with van der Waals surface area (Å²) in [7, 11) is 0. The predicted octanol–water partition coefficient (Wildman–Crippen LogP) is 3.69. The van der Waals surface area contributed by atoms with E-state index < -0.39 is 0 Å². The molecule has 0 radical (unpaired) electrons. The summed E-state index contributed by atoms with van der Waals surface area (Å²) in [4.78, 5) is 1.21. The van der Waals surface area contributed by atoms with Gasteiger partial charge in [-0.3, -0.25) is 0 Å². The summed E-state index contributed by atoms with van der Waals surface area (Å²) in [6.07, 6.45) is 0. The van der Waals surface area contributed by atoms with Crippen molar-refractivity contribution in [1.82, 2.24) is 0 Å². The second-order valence-electron chi connectivity index (χ2n) is 2.60. The molecule has 0 N–H and O–H groups in total. The van der Waals surface area contributed by atoms with Gasteiger partial charge in [-0.25, -0.2) is 0 Å². The molecule has 0 atom stereocenters. The number of thioether (sulfide) groups is 1. The highest BCUT2D eigenvalue weighted by atomic mass is 35.5. The number of hydrogen-bond acceptors (Lipinski definition) is 2. The maximum absolute atomic E-state index is 5.77. The van der Waals surface area contributed by atoms with Crippen LogP contribution in [0.15, 0.2) is 29.2 Å². The van der Waals surface area contributed by atoms with Gasteiger partial charge in [0.25, 0.3) is 0 Å². The minimum atomic E-state index is 0.561. The third kappa shape index (κ3) is 5.11. The highest BCUT2D eigenvalue weighted by Crippen LogP contribution is 2.19. The highest BCUT2D eigenvalue weighted by Gasteiger charge is 1.94. The Labute approximate surface area is 98.7 Å². The summed E-state index contributed by atoms with van der Waals surface area (Å²) in [5, 5.41) is 0.771. The van der Waals surface area contributed by atoms with Crippen LogP contribution in [0.1, 0.15) is 0 Å². The van der Waals surface area contributed by atoms with Crippen LogP contribution in [0.25, 0.3) is 0 Å². The van der Waals surface area contributed by atoms with Crippen molar-refractivity contribution in [2.24, 2.45) is 0 Å². The van der Waals surface area contributed by atoms with E-state index >= 15 is 0 Å². The van der Waals surface area contributed by atoms with Crippen molar-refractivity contribution in [3.63, 3.8) is 0 Å². The average molecular weight is 251 g/mol. The molecule has 78 valence electrons. The van der Waals surface area contributed by atoms with Gasteiger partial charge in [-0.15, -0.1) is 23.4 Å². The standard InChI is InChI=1S/C10H12Cl2OS/c11-5-6-13-7-8-14-10-3-1-9(12)2-4-10/h1-4H,5-8H2. The lowest BCUT2D eigenvalue weighted by Gasteiger charge is -2.02. The lowest BCUT2D eigenvalue weighted by Crippen LogP contribution is -1.99. The van der Waals surface area contributed by atoms with E-state index in [1.54, 1.807) is 11.8 Å². The molecule has 0 aliphatic carbocycles. The molecule has 1 aromatic carbocycles. The quantitative estimate of drug-likeness (QED) is 0.433. The van der Waals surface area contributed by atoms with Crippen LogP contribution in [-0.4, -0.2) is 24.8 Å². The van der Waals surface area contributed by atoms with Gasteiger partial charge < -0.3 is 4.74 Å². The molecule has 0 heterocycles. The van der Waals surface area contributed by atoms with E-state index in [2.05, 4.69) is 0 Å². The summed E-state index contributed by atoms with van der Waals surface area (Å²) in [6.45, 7) is 1.36. The summed E-state index contributed by atoms with van der Waals surface area (Å²) in [5.74, 6) is 1.50. The molecule has 0 unspecified atom stereocenters. The zero-order valence-electron chi connectivity index (χ0n) is 7.71. The average Bonchev–Trinajstić information content (AvgIpc) is 2.21. The molecule has 0 amide bonds. The molecule has 1 aromatic rings. The molecule has 0 spiro atoms. The molecular formula is C10H12Cl2OS. The van der Waals surface area contributed by atoms with Crippen LogP contribution in [0.3, 0.4) is 0 Å². The summed E-state index contributed by atoms with van der Waals surface area (Å²) in [6, 6.07) is 7.80. The van der Waals surface area contributed by atoms with Gasteiger partial charge >= 0.3 is 0 Å². The van der Waals surface area contributed by atoms with E-state index in [0.717, 1.165) is 17.4 Å². The molecule has 0 aliphatic heterocycles. The summed E-state index contributed by atoms with van der Waals surface area (Å²) >= 11 is 13.0. The molecular weight excluding hydrogens is 239 g/mol. The number of rotatable bonds is 6. The molecule has 0 saturated heterocycles. The number of ether oxygens (including phenoxy) is 1. The molecule has 0 bridgehead atoms. The Morgan fingerprint density at radius 1 is 1.14 bits per heavy atom. The molecule has 0 aliphatic rings. The van der Waals surface area contributed by atoms with Crippen LogP contribution < -0.4 is 0 Å². The van der Waals surface area contributed by atoms with Crippen molar-refractivity contribution in [2.45, 2.75) is 4.90 Å². The maximum Gasteiger partial charge on any atom is 0.0602 e. The van der Waals surface area contributed by atoms with Crippen LogP contribution in [0, 0.1) is 0 Å². The SMILES string of the molecule is ClCCOCCSc1ccc(Cl)cc1.